The molecule has 0 bridgehead atoms. The molecule has 0 fully saturated rings. The molecule has 1 heterocycles. The van der Waals surface area contributed by atoms with Crippen molar-refractivity contribution in [3.8, 4) is 0 Å². The van der Waals surface area contributed by atoms with Crippen molar-refractivity contribution in [2.24, 2.45) is 0 Å². The van der Waals surface area contributed by atoms with Crippen molar-refractivity contribution in [2.45, 2.75) is 26.7 Å². The van der Waals surface area contributed by atoms with E-state index in [2.05, 4.69) is 37.4 Å². The topological polar surface area (TPSA) is 32.3 Å². The molecule has 3 heteroatoms. The third-order valence-corrected chi connectivity index (χ3v) is 2.94. The summed E-state index contributed by atoms with van der Waals surface area (Å²) in [6.07, 6.45) is 1.99. The van der Waals surface area contributed by atoms with Crippen molar-refractivity contribution in [2.75, 3.05) is 23.3 Å². The van der Waals surface area contributed by atoms with Crippen LogP contribution in [-0.4, -0.2) is 19.0 Å². The lowest BCUT2D eigenvalue weighted by Crippen LogP contribution is -2.40. The lowest BCUT2D eigenvalue weighted by molar-refractivity contribution is -0.117. The van der Waals surface area contributed by atoms with Gasteiger partial charge in [0.1, 0.15) is 0 Å². The van der Waals surface area contributed by atoms with E-state index in [0.717, 1.165) is 30.8 Å². The van der Waals surface area contributed by atoms with E-state index >= 15 is 0 Å². The van der Waals surface area contributed by atoms with Crippen LogP contribution in [0.4, 0.5) is 11.4 Å². The minimum atomic E-state index is 0.169. The second-order valence-corrected chi connectivity index (χ2v) is 4.10. The number of carbonyl (C=O) groups is 1. The third kappa shape index (κ3) is 1.90. The Morgan fingerprint density at radius 1 is 1.38 bits per heavy atom. The Balaban J connectivity index is 2.39. The standard InChI is InChI=1S/C13H18N2O/c1-3-7-15-12-8-10(4-2)5-6-11(12)14-9-13(15)16/h5-6,8,14H,3-4,7,9H2,1-2H3. The molecule has 0 saturated carbocycles. The smallest absolute Gasteiger partial charge is 0.246 e. The van der Waals surface area contributed by atoms with Crippen LogP contribution in [0.15, 0.2) is 18.2 Å². The monoisotopic (exact) mass is 218 g/mol. The SMILES string of the molecule is CCCN1C(=O)CNc2ccc(CC)cc21. The van der Waals surface area contributed by atoms with Gasteiger partial charge >= 0.3 is 0 Å². The van der Waals surface area contributed by atoms with E-state index in [1.54, 1.807) is 0 Å². The molecule has 16 heavy (non-hydrogen) atoms. The molecule has 1 aliphatic rings. The van der Waals surface area contributed by atoms with E-state index in [1.165, 1.54) is 5.56 Å². The number of amides is 1. The molecule has 0 unspecified atom stereocenters. The average molecular weight is 218 g/mol. The van der Waals surface area contributed by atoms with Crippen LogP contribution in [0.1, 0.15) is 25.8 Å². The Labute approximate surface area is 96.5 Å². The van der Waals surface area contributed by atoms with Crippen LogP contribution >= 0.6 is 0 Å². The minimum Gasteiger partial charge on any atom is -0.374 e. The number of rotatable bonds is 3. The molecule has 0 aliphatic carbocycles. The first-order valence-corrected chi connectivity index (χ1v) is 5.93. The zero-order valence-electron chi connectivity index (χ0n) is 9.92. The number of nitrogens with zero attached hydrogens (tertiary/aromatic N) is 1. The number of hydrogen-bond donors (Lipinski definition) is 1. The quantitative estimate of drug-likeness (QED) is 0.845. The molecule has 0 atom stereocenters. The summed E-state index contributed by atoms with van der Waals surface area (Å²) in [4.78, 5) is 13.7. The Hall–Kier alpha value is -1.51. The number of carbonyl (C=O) groups excluding carboxylic acids is 1. The van der Waals surface area contributed by atoms with Crippen LogP contribution in [0.2, 0.25) is 0 Å². The maximum absolute atomic E-state index is 11.8. The lowest BCUT2D eigenvalue weighted by Gasteiger charge is -2.30. The molecule has 0 spiro atoms. The van der Waals surface area contributed by atoms with Crippen molar-refractivity contribution in [3.05, 3.63) is 23.8 Å². The Morgan fingerprint density at radius 3 is 2.88 bits per heavy atom. The van der Waals surface area contributed by atoms with Crippen LogP contribution in [0.3, 0.4) is 0 Å². The number of aryl methyl sites for hydroxylation is 1. The molecule has 1 amide bonds. The number of nitrogens with one attached hydrogen (secondary N) is 1. The second-order valence-electron chi connectivity index (χ2n) is 4.10. The molecule has 1 aliphatic heterocycles. The molecule has 0 saturated heterocycles. The maximum Gasteiger partial charge on any atom is 0.246 e. The van der Waals surface area contributed by atoms with Crippen LogP contribution in [0, 0.1) is 0 Å². The summed E-state index contributed by atoms with van der Waals surface area (Å²) in [7, 11) is 0. The van der Waals surface area contributed by atoms with Crippen molar-refractivity contribution >= 4 is 17.3 Å². The normalized spacial score (nSPS) is 14.6. The average Bonchev–Trinajstić information content (AvgIpc) is 2.32. The summed E-state index contributed by atoms with van der Waals surface area (Å²) in [5, 5.41) is 3.16. The highest BCUT2D eigenvalue weighted by Crippen LogP contribution is 2.30. The van der Waals surface area contributed by atoms with Crippen molar-refractivity contribution < 1.29 is 4.79 Å². The van der Waals surface area contributed by atoms with Crippen LogP contribution < -0.4 is 10.2 Å². The van der Waals surface area contributed by atoms with E-state index in [0.29, 0.717) is 6.54 Å². The minimum absolute atomic E-state index is 0.169. The number of hydrogen-bond acceptors (Lipinski definition) is 2. The maximum atomic E-state index is 11.8. The van der Waals surface area contributed by atoms with Gasteiger partial charge in [-0.25, -0.2) is 0 Å². The fraction of sp³-hybridized carbons (Fsp3) is 0.462. The van der Waals surface area contributed by atoms with E-state index in [1.807, 2.05) is 4.90 Å². The van der Waals surface area contributed by atoms with Gasteiger partial charge in [-0.2, -0.15) is 0 Å². The van der Waals surface area contributed by atoms with Gasteiger partial charge in [0, 0.05) is 6.54 Å². The third-order valence-electron chi connectivity index (χ3n) is 2.94. The van der Waals surface area contributed by atoms with Crippen LogP contribution in [0.5, 0.6) is 0 Å². The Bertz CT molecular complexity index is 401. The summed E-state index contributed by atoms with van der Waals surface area (Å²) >= 11 is 0. The highest BCUT2D eigenvalue weighted by Gasteiger charge is 2.22. The van der Waals surface area contributed by atoms with Crippen LogP contribution in [-0.2, 0) is 11.2 Å². The zero-order valence-corrected chi connectivity index (χ0v) is 9.92. The zero-order chi connectivity index (χ0) is 11.5. The molecular weight excluding hydrogens is 200 g/mol. The Kier molecular flexibility index (Phi) is 3.13. The summed E-state index contributed by atoms with van der Waals surface area (Å²) in [5.41, 5.74) is 3.39. The van der Waals surface area contributed by atoms with Gasteiger partial charge in [-0.3, -0.25) is 4.79 Å². The van der Waals surface area contributed by atoms with E-state index in [4.69, 9.17) is 0 Å². The molecule has 1 N–H and O–H groups in total. The van der Waals surface area contributed by atoms with Gasteiger partial charge in [0.05, 0.1) is 17.9 Å². The van der Waals surface area contributed by atoms with Gasteiger partial charge in [-0.05, 0) is 30.5 Å². The van der Waals surface area contributed by atoms with Crippen molar-refractivity contribution in [1.82, 2.24) is 0 Å². The summed E-state index contributed by atoms with van der Waals surface area (Å²) < 4.78 is 0. The summed E-state index contributed by atoms with van der Waals surface area (Å²) in [6, 6.07) is 6.31. The predicted molar refractivity (Wildman–Crippen MR) is 67.0 cm³/mol. The molecular formula is C13H18N2O. The molecule has 0 aromatic heterocycles. The molecule has 1 aromatic rings. The van der Waals surface area contributed by atoms with E-state index in [-0.39, 0.29) is 5.91 Å². The lowest BCUT2D eigenvalue weighted by atomic mass is 10.1. The molecule has 1 aromatic carbocycles. The molecule has 3 nitrogen and oxygen atoms in total. The first kappa shape index (κ1) is 11.0. The number of benzene rings is 1. The van der Waals surface area contributed by atoms with E-state index < -0.39 is 0 Å². The summed E-state index contributed by atoms with van der Waals surface area (Å²) in [6.45, 7) is 5.45. The highest BCUT2D eigenvalue weighted by atomic mass is 16.2. The van der Waals surface area contributed by atoms with Gasteiger partial charge in [-0.1, -0.05) is 19.9 Å². The number of fused-ring (bicyclic) bond motifs is 1. The van der Waals surface area contributed by atoms with Gasteiger partial charge < -0.3 is 10.2 Å². The first-order valence-electron chi connectivity index (χ1n) is 5.93. The van der Waals surface area contributed by atoms with Crippen molar-refractivity contribution in [1.29, 1.82) is 0 Å². The van der Waals surface area contributed by atoms with Crippen LogP contribution in [0.25, 0.3) is 0 Å². The highest BCUT2D eigenvalue weighted by molar-refractivity contribution is 6.02. The van der Waals surface area contributed by atoms with Gasteiger partial charge in [0.2, 0.25) is 5.91 Å². The largest absolute Gasteiger partial charge is 0.374 e. The van der Waals surface area contributed by atoms with Gasteiger partial charge in [-0.15, -0.1) is 0 Å². The molecule has 2 rings (SSSR count). The van der Waals surface area contributed by atoms with Crippen molar-refractivity contribution in [3.63, 3.8) is 0 Å². The fourth-order valence-corrected chi connectivity index (χ4v) is 2.04. The van der Waals surface area contributed by atoms with E-state index in [9.17, 15) is 4.79 Å². The predicted octanol–water partition coefficient (Wildman–Crippen LogP) is 2.42. The fourth-order valence-electron chi connectivity index (χ4n) is 2.04. The number of anilines is 2. The molecule has 0 radical (unpaired) electrons. The van der Waals surface area contributed by atoms with Gasteiger partial charge in [0.25, 0.3) is 0 Å². The summed E-state index contributed by atoms with van der Waals surface area (Å²) in [5.74, 6) is 0.169. The van der Waals surface area contributed by atoms with Gasteiger partial charge in [0.15, 0.2) is 0 Å². The Morgan fingerprint density at radius 2 is 2.19 bits per heavy atom. The molecule has 86 valence electrons. The first-order chi connectivity index (χ1) is 7.76. The second kappa shape index (κ2) is 4.56.